The molecule has 1 heterocycles. The van der Waals surface area contributed by atoms with Gasteiger partial charge in [-0.1, -0.05) is 34.5 Å². The van der Waals surface area contributed by atoms with Crippen molar-refractivity contribution in [3.05, 3.63) is 9.62 Å². The van der Waals surface area contributed by atoms with Crippen molar-refractivity contribution < 1.29 is 8.42 Å². The first-order chi connectivity index (χ1) is 4.91. The average Bonchev–Trinajstić information content (AvgIpc) is 2.08. The minimum absolute atomic E-state index is 0.0502. The summed E-state index contributed by atoms with van der Waals surface area (Å²) >= 11 is 11.5. The number of rotatable bonds is 1. The van der Waals surface area contributed by atoms with Gasteiger partial charge in [-0.3, -0.25) is 0 Å². The SMILES string of the molecule is O=S(=O)(Cl)c1sc(Cl)nc1Cl. The van der Waals surface area contributed by atoms with Crippen LogP contribution in [0.3, 0.4) is 0 Å². The Labute approximate surface area is 81.3 Å². The zero-order valence-electron chi connectivity index (χ0n) is 4.71. The highest BCUT2D eigenvalue weighted by molar-refractivity contribution is 8.15. The highest BCUT2D eigenvalue weighted by atomic mass is 35.7. The van der Waals surface area contributed by atoms with Gasteiger partial charge in [-0.05, 0) is 0 Å². The summed E-state index contributed by atoms with van der Waals surface area (Å²) in [5.41, 5.74) is 0. The van der Waals surface area contributed by atoms with Gasteiger partial charge < -0.3 is 0 Å². The van der Waals surface area contributed by atoms with Gasteiger partial charge in [-0.25, -0.2) is 13.4 Å². The Bertz CT molecular complexity index is 370. The third-order valence-electron chi connectivity index (χ3n) is 0.753. The topological polar surface area (TPSA) is 47.0 Å². The molecule has 0 saturated carbocycles. The van der Waals surface area contributed by atoms with Crippen LogP contribution in [0.15, 0.2) is 4.21 Å². The van der Waals surface area contributed by atoms with Crippen molar-refractivity contribution in [1.82, 2.24) is 4.98 Å². The van der Waals surface area contributed by atoms with Gasteiger partial charge >= 0.3 is 0 Å². The Morgan fingerprint density at radius 1 is 1.36 bits per heavy atom. The monoisotopic (exact) mass is 251 g/mol. The number of nitrogens with zero attached hydrogens (tertiary/aromatic N) is 1. The molecule has 0 N–H and O–H groups in total. The minimum Gasteiger partial charge on any atom is -0.211 e. The molecule has 0 unspecified atom stereocenters. The zero-order chi connectivity index (χ0) is 8.65. The van der Waals surface area contributed by atoms with E-state index in [4.69, 9.17) is 33.9 Å². The fourth-order valence-electron chi connectivity index (χ4n) is 0.415. The summed E-state index contributed by atoms with van der Waals surface area (Å²) in [6.45, 7) is 0. The Morgan fingerprint density at radius 2 is 1.91 bits per heavy atom. The molecule has 3 nitrogen and oxygen atoms in total. The van der Waals surface area contributed by atoms with Crippen molar-refractivity contribution in [1.29, 1.82) is 0 Å². The maximum Gasteiger partial charge on any atom is 0.273 e. The number of aromatic nitrogens is 1. The van der Waals surface area contributed by atoms with E-state index in [9.17, 15) is 8.42 Å². The zero-order valence-corrected chi connectivity index (χ0v) is 8.61. The summed E-state index contributed by atoms with van der Waals surface area (Å²) < 4.78 is 21.2. The second-order valence-electron chi connectivity index (χ2n) is 1.48. The van der Waals surface area contributed by atoms with Crippen LogP contribution in [-0.4, -0.2) is 13.4 Å². The molecule has 62 valence electrons. The van der Waals surface area contributed by atoms with Crippen LogP contribution >= 0.6 is 45.2 Å². The molecule has 1 aromatic heterocycles. The van der Waals surface area contributed by atoms with Gasteiger partial charge in [0.2, 0.25) is 0 Å². The molecule has 1 aromatic rings. The van der Waals surface area contributed by atoms with Crippen LogP contribution in [0.5, 0.6) is 0 Å². The van der Waals surface area contributed by atoms with Crippen molar-refractivity contribution in [2.75, 3.05) is 0 Å². The molecule has 8 heteroatoms. The Hall–Kier alpha value is 0.450. The largest absolute Gasteiger partial charge is 0.273 e. The lowest BCUT2D eigenvalue weighted by atomic mass is 11.0. The summed E-state index contributed by atoms with van der Waals surface area (Å²) in [6, 6.07) is 0. The second-order valence-corrected chi connectivity index (χ2v) is 6.18. The summed E-state index contributed by atoms with van der Waals surface area (Å²) in [4.78, 5) is 3.46. The molecule has 0 amide bonds. The van der Waals surface area contributed by atoms with Crippen molar-refractivity contribution in [2.45, 2.75) is 4.21 Å². The maximum absolute atomic E-state index is 10.7. The lowest BCUT2D eigenvalue weighted by Gasteiger charge is -1.85. The van der Waals surface area contributed by atoms with Crippen molar-refractivity contribution in [3.8, 4) is 0 Å². The summed E-state index contributed by atoms with van der Waals surface area (Å²) in [6.07, 6.45) is 0. The molecule has 0 atom stereocenters. The van der Waals surface area contributed by atoms with Crippen LogP contribution < -0.4 is 0 Å². The molecule has 0 aliphatic rings. The normalized spacial score (nSPS) is 11.9. The molecule has 0 spiro atoms. The fraction of sp³-hybridized carbons (Fsp3) is 0. The first-order valence-corrected chi connectivity index (χ1v) is 6.06. The lowest BCUT2D eigenvalue weighted by molar-refractivity contribution is 0.611. The first-order valence-electron chi connectivity index (χ1n) is 2.18. The van der Waals surface area contributed by atoms with Crippen LogP contribution in [0.2, 0.25) is 9.62 Å². The molecule has 0 saturated heterocycles. The van der Waals surface area contributed by atoms with E-state index in [1.807, 2.05) is 0 Å². The predicted molar refractivity (Wildman–Crippen MR) is 45.2 cm³/mol. The van der Waals surface area contributed by atoms with Crippen LogP contribution in [0.25, 0.3) is 0 Å². The Morgan fingerprint density at radius 3 is 2.09 bits per heavy atom. The van der Waals surface area contributed by atoms with E-state index >= 15 is 0 Å². The number of halogens is 3. The quantitative estimate of drug-likeness (QED) is 0.721. The molecule has 0 fully saturated rings. The van der Waals surface area contributed by atoms with Gasteiger partial charge in [0.05, 0.1) is 0 Å². The summed E-state index contributed by atoms with van der Waals surface area (Å²) in [7, 11) is 1.18. The Kier molecular flexibility index (Phi) is 2.66. The van der Waals surface area contributed by atoms with E-state index in [0.717, 1.165) is 11.3 Å². The molecule has 11 heavy (non-hydrogen) atoms. The van der Waals surface area contributed by atoms with Crippen LogP contribution in [0.4, 0.5) is 0 Å². The number of hydrogen-bond acceptors (Lipinski definition) is 4. The van der Waals surface area contributed by atoms with Crippen molar-refractivity contribution in [2.24, 2.45) is 0 Å². The van der Waals surface area contributed by atoms with E-state index in [1.165, 1.54) is 0 Å². The molecular formula is C3Cl3NO2S2. The summed E-state index contributed by atoms with van der Waals surface area (Å²) in [5, 5.41) is -0.185. The first kappa shape index (κ1) is 9.54. The molecule has 0 radical (unpaired) electrons. The minimum atomic E-state index is -3.80. The second kappa shape index (κ2) is 3.06. The van der Waals surface area contributed by atoms with Gasteiger partial charge in [0.1, 0.15) is 0 Å². The molecular weight excluding hydrogens is 253 g/mol. The van der Waals surface area contributed by atoms with E-state index in [-0.39, 0.29) is 13.8 Å². The van der Waals surface area contributed by atoms with E-state index < -0.39 is 9.05 Å². The van der Waals surface area contributed by atoms with Gasteiger partial charge in [-0.2, -0.15) is 0 Å². The van der Waals surface area contributed by atoms with E-state index in [2.05, 4.69) is 4.98 Å². The number of thiazole rings is 1. The molecule has 0 aliphatic heterocycles. The maximum atomic E-state index is 10.7. The van der Waals surface area contributed by atoms with Crippen LogP contribution in [-0.2, 0) is 9.05 Å². The molecule has 0 bridgehead atoms. The van der Waals surface area contributed by atoms with Crippen LogP contribution in [0, 0.1) is 0 Å². The van der Waals surface area contributed by atoms with Gasteiger partial charge in [0.25, 0.3) is 9.05 Å². The highest BCUT2D eigenvalue weighted by Gasteiger charge is 2.19. The smallest absolute Gasteiger partial charge is 0.211 e. The lowest BCUT2D eigenvalue weighted by Crippen LogP contribution is -1.85. The van der Waals surface area contributed by atoms with Gasteiger partial charge in [-0.15, -0.1) is 0 Å². The third kappa shape index (κ3) is 2.19. The van der Waals surface area contributed by atoms with Gasteiger partial charge in [0, 0.05) is 10.7 Å². The van der Waals surface area contributed by atoms with Crippen molar-refractivity contribution in [3.63, 3.8) is 0 Å². The van der Waals surface area contributed by atoms with E-state index in [1.54, 1.807) is 0 Å². The van der Waals surface area contributed by atoms with Gasteiger partial charge in [0.15, 0.2) is 13.8 Å². The standard InChI is InChI=1S/C3Cl3NO2S2/c4-1-2(11(6,8)9)10-3(5)7-1. The number of hydrogen-bond donors (Lipinski definition) is 0. The van der Waals surface area contributed by atoms with Crippen LogP contribution in [0.1, 0.15) is 0 Å². The average molecular weight is 253 g/mol. The summed E-state index contributed by atoms with van der Waals surface area (Å²) in [5.74, 6) is 0. The predicted octanol–water partition coefficient (Wildman–Crippen LogP) is 2.38. The third-order valence-corrected chi connectivity index (χ3v) is 4.49. The molecule has 1 rings (SSSR count). The fourth-order valence-corrected chi connectivity index (χ4v) is 3.39. The Balaban J connectivity index is 3.36. The molecule has 0 aromatic carbocycles. The molecule has 0 aliphatic carbocycles. The van der Waals surface area contributed by atoms with Crippen molar-refractivity contribution >= 4 is 54.3 Å². The highest BCUT2D eigenvalue weighted by Crippen LogP contribution is 2.32. The van der Waals surface area contributed by atoms with E-state index in [0.29, 0.717) is 0 Å².